The summed E-state index contributed by atoms with van der Waals surface area (Å²) < 4.78 is 10.1. The maximum atomic E-state index is 11.8. The first-order chi connectivity index (χ1) is 17.0. The molecule has 0 heterocycles. The molecule has 0 aromatic heterocycles. The van der Waals surface area contributed by atoms with E-state index in [1.807, 2.05) is 6.07 Å². The fourth-order valence-corrected chi connectivity index (χ4v) is 3.53. The Labute approximate surface area is 199 Å². The second kappa shape index (κ2) is 10.3. The minimum absolute atomic E-state index is 0.0293. The largest absolute Gasteiger partial charge is 0.513 e. The standard InChI is InChI=1S/C25H21N5O5/c26-14-29-30-24(27)15-6-8-18-20(12-15)22(31)19-9-7-16(13-21(19)23(18)32)28-10-11-34-25(33)35-17-4-2-1-3-5-17/h1-9,12-14,26-28,31-32H,10-11H2. The number of nitrogens with one attached hydrogen (secondary N) is 3. The highest BCUT2D eigenvalue weighted by Crippen LogP contribution is 2.42. The number of hydrogen-bond acceptors (Lipinski definition) is 8. The van der Waals surface area contributed by atoms with Crippen molar-refractivity contribution in [3.05, 3.63) is 72.3 Å². The second-order valence-corrected chi connectivity index (χ2v) is 7.35. The Bertz CT molecular complexity index is 1450. The molecule has 0 aliphatic carbocycles. The molecule has 5 N–H and O–H groups in total. The van der Waals surface area contributed by atoms with E-state index in [2.05, 4.69) is 15.5 Å². The van der Waals surface area contributed by atoms with Crippen LogP contribution in [0.4, 0.5) is 10.5 Å². The summed E-state index contributed by atoms with van der Waals surface area (Å²) in [6, 6.07) is 18.4. The zero-order valence-corrected chi connectivity index (χ0v) is 18.4. The average molecular weight is 471 g/mol. The van der Waals surface area contributed by atoms with Gasteiger partial charge in [0, 0.05) is 39.3 Å². The van der Waals surface area contributed by atoms with Gasteiger partial charge in [-0.25, -0.2) is 4.79 Å². The number of benzene rings is 4. The molecular weight excluding hydrogens is 450 g/mol. The second-order valence-electron chi connectivity index (χ2n) is 7.35. The molecule has 0 fully saturated rings. The van der Waals surface area contributed by atoms with E-state index >= 15 is 0 Å². The van der Waals surface area contributed by atoms with Gasteiger partial charge in [-0.05, 0) is 42.5 Å². The van der Waals surface area contributed by atoms with E-state index in [0.717, 1.165) is 6.34 Å². The maximum Gasteiger partial charge on any atom is 0.513 e. The Morgan fingerprint density at radius 2 is 1.63 bits per heavy atom. The SMILES string of the molecule is N=CN=NC(=N)c1ccc2c(O)c3cc(NCCOC(=O)Oc4ccccc4)ccc3c(O)c2c1. The van der Waals surface area contributed by atoms with Crippen molar-refractivity contribution in [1.82, 2.24) is 0 Å². The Hall–Kier alpha value is -4.99. The molecule has 0 atom stereocenters. The molecule has 0 aliphatic heterocycles. The summed E-state index contributed by atoms with van der Waals surface area (Å²) >= 11 is 0. The van der Waals surface area contributed by atoms with Gasteiger partial charge < -0.3 is 25.0 Å². The van der Waals surface area contributed by atoms with Crippen LogP contribution >= 0.6 is 0 Å². The predicted octanol–water partition coefficient (Wildman–Crippen LogP) is 5.42. The lowest BCUT2D eigenvalue weighted by Gasteiger charge is -2.13. The highest BCUT2D eigenvalue weighted by molar-refractivity contribution is 6.13. The Morgan fingerprint density at radius 1 is 0.943 bits per heavy atom. The minimum Gasteiger partial charge on any atom is -0.507 e. The predicted molar refractivity (Wildman–Crippen MR) is 132 cm³/mol. The fourth-order valence-electron chi connectivity index (χ4n) is 3.53. The number of hydrogen-bond donors (Lipinski definition) is 5. The molecule has 0 amide bonds. The quantitative estimate of drug-likeness (QED) is 0.0354. The molecule has 0 unspecified atom stereocenters. The van der Waals surface area contributed by atoms with E-state index in [4.69, 9.17) is 20.3 Å². The third kappa shape index (κ3) is 5.17. The van der Waals surface area contributed by atoms with Crippen molar-refractivity contribution in [1.29, 1.82) is 10.8 Å². The number of carbonyl (C=O) groups excluding carboxylic acids is 1. The van der Waals surface area contributed by atoms with Gasteiger partial charge in [0.25, 0.3) is 0 Å². The van der Waals surface area contributed by atoms with Gasteiger partial charge >= 0.3 is 6.16 Å². The maximum absolute atomic E-state index is 11.8. The highest BCUT2D eigenvalue weighted by atomic mass is 16.7. The molecule has 0 aliphatic rings. The topological polar surface area (TPSA) is 160 Å². The van der Waals surface area contributed by atoms with E-state index in [0.29, 0.717) is 45.1 Å². The molecule has 0 radical (unpaired) electrons. The van der Waals surface area contributed by atoms with Crippen LogP contribution in [0.5, 0.6) is 17.2 Å². The molecular formula is C25H21N5O5. The zero-order chi connectivity index (χ0) is 24.8. The van der Waals surface area contributed by atoms with Crippen LogP contribution in [0.3, 0.4) is 0 Å². The summed E-state index contributed by atoms with van der Waals surface area (Å²) in [6.07, 6.45) is -0.0853. The van der Waals surface area contributed by atoms with Gasteiger partial charge in [0.2, 0.25) is 0 Å². The number of carbonyl (C=O) groups is 1. The fraction of sp³-hybridized carbons (Fsp3) is 0.0800. The van der Waals surface area contributed by atoms with E-state index < -0.39 is 6.16 Å². The molecule has 0 saturated carbocycles. The van der Waals surface area contributed by atoms with Crippen LogP contribution < -0.4 is 10.1 Å². The summed E-state index contributed by atoms with van der Waals surface area (Å²) in [5.41, 5.74) is 1.03. The first kappa shape index (κ1) is 23.2. The molecule has 176 valence electrons. The number of nitrogens with zero attached hydrogens (tertiary/aromatic N) is 2. The van der Waals surface area contributed by atoms with Gasteiger partial charge in [-0.15, -0.1) is 10.2 Å². The van der Waals surface area contributed by atoms with Gasteiger partial charge in [0.15, 0.2) is 5.84 Å². The first-order valence-electron chi connectivity index (χ1n) is 10.5. The number of phenolic OH excluding ortho intramolecular Hbond substituents is 2. The first-order valence-corrected chi connectivity index (χ1v) is 10.5. The highest BCUT2D eigenvalue weighted by Gasteiger charge is 2.15. The number of fused-ring (bicyclic) bond motifs is 2. The van der Waals surface area contributed by atoms with Crippen LogP contribution in [0.2, 0.25) is 0 Å². The average Bonchev–Trinajstić information content (AvgIpc) is 2.88. The number of phenols is 2. The third-order valence-corrected chi connectivity index (χ3v) is 5.14. The number of rotatable bonds is 7. The molecule has 4 aromatic carbocycles. The van der Waals surface area contributed by atoms with Crippen LogP contribution in [0.15, 0.2) is 77.0 Å². The van der Waals surface area contributed by atoms with Gasteiger partial charge in [0.1, 0.15) is 30.2 Å². The number of anilines is 1. The third-order valence-electron chi connectivity index (χ3n) is 5.14. The van der Waals surface area contributed by atoms with Crippen molar-refractivity contribution in [3.63, 3.8) is 0 Å². The molecule has 0 spiro atoms. The Balaban J connectivity index is 1.48. The van der Waals surface area contributed by atoms with E-state index in [1.165, 1.54) is 6.07 Å². The minimum atomic E-state index is -0.808. The van der Waals surface area contributed by atoms with Gasteiger partial charge in [-0.3, -0.25) is 10.8 Å². The molecule has 0 bridgehead atoms. The zero-order valence-electron chi connectivity index (χ0n) is 18.4. The van der Waals surface area contributed by atoms with Crippen LogP contribution in [0, 0.1) is 10.8 Å². The van der Waals surface area contributed by atoms with Crippen molar-refractivity contribution in [2.24, 2.45) is 10.2 Å². The van der Waals surface area contributed by atoms with Crippen molar-refractivity contribution < 1.29 is 24.5 Å². The smallest absolute Gasteiger partial charge is 0.507 e. The van der Waals surface area contributed by atoms with Gasteiger partial charge in [0.05, 0.1) is 0 Å². The summed E-state index contributed by atoms with van der Waals surface area (Å²) in [5.74, 6) is 0.134. The number of amidine groups is 1. The number of ether oxygens (including phenoxy) is 2. The molecule has 4 rings (SSSR count). The summed E-state index contributed by atoms with van der Waals surface area (Å²) in [5, 5.41) is 48.2. The van der Waals surface area contributed by atoms with Crippen LogP contribution in [-0.2, 0) is 4.74 Å². The Kier molecular flexibility index (Phi) is 6.82. The van der Waals surface area contributed by atoms with Crippen LogP contribution in [-0.4, -0.2) is 41.7 Å². The van der Waals surface area contributed by atoms with Gasteiger partial charge in [-0.1, -0.05) is 24.3 Å². The lowest BCUT2D eigenvalue weighted by molar-refractivity contribution is 0.103. The van der Waals surface area contributed by atoms with Crippen molar-refractivity contribution >= 4 is 45.6 Å². The summed E-state index contributed by atoms with van der Waals surface area (Å²) in [7, 11) is 0. The van der Waals surface area contributed by atoms with Crippen molar-refractivity contribution in [2.75, 3.05) is 18.5 Å². The van der Waals surface area contributed by atoms with Crippen molar-refractivity contribution in [2.45, 2.75) is 0 Å². The molecule has 0 saturated heterocycles. The number of para-hydroxylation sites is 1. The normalized spacial score (nSPS) is 11.0. The van der Waals surface area contributed by atoms with Crippen LogP contribution in [0.1, 0.15) is 5.56 Å². The number of aromatic hydroxyl groups is 2. The molecule has 10 heteroatoms. The lowest BCUT2D eigenvalue weighted by atomic mass is 9.98. The van der Waals surface area contributed by atoms with E-state index in [1.54, 1.807) is 54.6 Å². The summed E-state index contributed by atoms with van der Waals surface area (Å²) in [4.78, 5) is 11.8. The monoisotopic (exact) mass is 471 g/mol. The lowest BCUT2D eigenvalue weighted by Crippen LogP contribution is -2.16. The van der Waals surface area contributed by atoms with E-state index in [-0.39, 0.29) is 23.9 Å². The number of azo groups is 1. The molecule has 10 nitrogen and oxygen atoms in total. The molecule has 4 aromatic rings. The van der Waals surface area contributed by atoms with Gasteiger partial charge in [-0.2, -0.15) is 0 Å². The molecule has 35 heavy (non-hydrogen) atoms. The van der Waals surface area contributed by atoms with E-state index in [9.17, 15) is 15.0 Å². The Morgan fingerprint density at radius 3 is 2.34 bits per heavy atom. The van der Waals surface area contributed by atoms with Crippen molar-refractivity contribution in [3.8, 4) is 17.2 Å². The summed E-state index contributed by atoms with van der Waals surface area (Å²) in [6.45, 7) is 0.355. The van der Waals surface area contributed by atoms with Crippen LogP contribution in [0.25, 0.3) is 21.5 Å².